The average molecular weight is 134 g/mol. The van der Waals surface area contributed by atoms with Gasteiger partial charge in [0.2, 0.25) is 0 Å². The van der Waals surface area contributed by atoms with E-state index in [1.165, 1.54) is 16.7 Å². The molecule has 1 heteroatoms. The van der Waals surface area contributed by atoms with Crippen molar-refractivity contribution in [3.8, 4) is 0 Å². The number of rotatable bonds is 0. The summed E-state index contributed by atoms with van der Waals surface area (Å²) in [6, 6.07) is 6.35. The molecule has 0 radical (unpaired) electrons. The zero-order chi connectivity index (χ0) is 6.97. The molecular formula is C9H10O. The van der Waals surface area contributed by atoms with E-state index in [-0.39, 0.29) is 0 Å². The minimum atomic E-state index is 0.803. The molecule has 0 saturated heterocycles. The first kappa shape index (κ1) is 5.93. The Bertz CT molecular complexity index is 253. The van der Waals surface area contributed by atoms with Gasteiger partial charge in [0.05, 0.1) is 13.2 Å². The van der Waals surface area contributed by atoms with Crippen LogP contribution in [0.15, 0.2) is 18.2 Å². The van der Waals surface area contributed by atoms with Crippen molar-refractivity contribution >= 4 is 0 Å². The maximum atomic E-state index is 5.30. The summed E-state index contributed by atoms with van der Waals surface area (Å²) in [7, 11) is 0. The van der Waals surface area contributed by atoms with Crippen LogP contribution < -0.4 is 0 Å². The maximum absolute atomic E-state index is 5.30. The third kappa shape index (κ3) is 0.745. The minimum Gasteiger partial charge on any atom is -0.372 e. The summed E-state index contributed by atoms with van der Waals surface area (Å²) in [4.78, 5) is 0. The van der Waals surface area contributed by atoms with Crippen LogP contribution in [0.25, 0.3) is 0 Å². The van der Waals surface area contributed by atoms with Gasteiger partial charge in [-0.3, -0.25) is 0 Å². The van der Waals surface area contributed by atoms with Gasteiger partial charge in [0.15, 0.2) is 0 Å². The lowest BCUT2D eigenvalue weighted by Crippen LogP contribution is -1.84. The van der Waals surface area contributed by atoms with Gasteiger partial charge in [-0.25, -0.2) is 0 Å². The van der Waals surface area contributed by atoms with Crippen LogP contribution in [0.5, 0.6) is 0 Å². The molecule has 0 spiro atoms. The van der Waals surface area contributed by atoms with Crippen LogP contribution in [0, 0.1) is 6.92 Å². The van der Waals surface area contributed by atoms with Crippen molar-refractivity contribution in [2.45, 2.75) is 20.1 Å². The average Bonchev–Trinajstić information content (AvgIpc) is 2.36. The molecule has 1 nitrogen and oxygen atoms in total. The monoisotopic (exact) mass is 134 g/mol. The lowest BCUT2D eigenvalue weighted by atomic mass is 10.1. The zero-order valence-corrected chi connectivity index (χ0v) is 6.05. The first-order valence-electron chi connectivity index (χ1n) is 3.53. The Kier molecular flexibility index (Phi) is 1.24. The molecule has 1 aromatic carbocycles. The van der Waals surface area contributed by atoms with E-state index >= 15 is 0 Å². The molecule has 0 bridgehead atoms. The number of aryl methyl sites for hydroxylation is 1. The molecule has 52 valence electrons. The van der Waals surface area contributed by atoms with Crippen molar-refractivity contribution in [1.82, 2.24) is 0 Å². The molecular weight excluding hydrogens is 124 g/mol. The van der Waals surface area contributed by atoms with Gasteiger partial charge < -0.3 is 4.74 Å². The zero-order valence-electron chi connectivity index (χ0n) is 6.05. The van der Waals surface area contributed by atoms with Crippen molar-refractivity contribution in [3.05, 3.63) is 34.9 Å². The summed E-state index contributed by atoms with van der Waals surface area (Å²) < 4.78 is 5.30. The van der Waals surface area contributed by atoms with Crippen molar-refractivity contribution in [2.24, 2.45) is 0 Å². The third-order valence-electron chi connectivity index (χ3n) is 2.01. The van der Waals surface area contributed by atoms with Gasteiger partial charge in [-0.05, 0) is 23.6 Å². The highest BCUT2D eigenvalue weighted by Crippen LogP contribution is 2.22. The number of ether oxygens (including phenoxy) is 1. The summed E-state index contributed by atoms with van der Waals surface area (Å²) in [5, 5.41) is 0. The van der Waals surface area contributed by atoms with Crippen molar-refractivity contribution in [1.29, 1.82) is 0 Å². The van der Waals surface area contributed by atoms with Crippen LogP contribution in [-0.2, 0) is 18.0 Å². The molecule has 1 aromatic rings. The van der Waals surface area contributed by atoms with Gasteiger partial charge in [-0.15, -0.1) is 0 Å². The van der Waals surface area contributed by atoms with Gasteiger partial charge >= 0.3 is 0 Å². The second-order valence-electron chi connectivity index (χ2n) is 2.71. The molecule has 0 saturated carbocycles. The summed E-state index contributed by atoms with van der Waals surface area (Å²) in [5.41, 5.74) is 4.11. The quantitative estimate of drug-likeness (QED) is 0.527. The van der Waals surface area contributed by atoms with Gasteiger partial charge in [0.25, 0.3) is 0 Å². The fraction of sp³-hybridized carbons (Fsp3) is 0.333. The van der Waals surface area contributed by atoms with Crippen molar-refractivity contribution < 1.29 is 4.74 Å². The maximum Gasteiger partial charge on any atom is 0.0727 e. The van der Waals surface area contributed by atoms with E-state index in [0.29, 0.717) is 0 Å². The molecule has 0 atom stereocenters. The lowest BCUT2D eigenvalue weighted by Gasteiger charge is -1.98. The van der Waals surface area contributed by atoms with Crippen LogP contribution >= 0.6 is 0 Å². The molecule has 1 heterocycles. The van der Waals surface area contributed by atoms with E-state index < -0.39 is 0 Å². The van der Waals surface area contributed by atoms with Crippen molar-refractivity contribution in [2.75, 3.05) is 0 Å². The Hall–Kier alpha value is -0.820. The highest BCUT2D eigenvalue weighted by atomic mass is 16.5. The lowest BCUT2D eigenvalue weighted by molar-refractivity contribution is 0.134. The van der Waals surface area contributed by atoms with Crippen LogP contribution in [0.4, 0.5) is 0 Å². The standard InChI is InChI=1S/C9H10O/c1-7-3-2-4-8-5-10-6-9(7)8/h2-4H,5-6H2,1H3. The molecule has 1 aliphatic heterocycles. The molecule has 0 unspecified atom stereocenters. The second-order valence-corrected chi connectivity index (χ2v) is 2.71. The number of benzene rings is 1. The predicted octanol–water partition coefficient (Wildman–Crippen LogP) is 2.03. The number of fused-ring (bicyclic) bond motifs is 1. The third-order valence-corrected chi connectivity index (χ3v) is 2.01. The van der Waals surface area contributed by atoms with Crippen LogP contribution in [0.3, 0.4) is 0 Å². The Morgan fingerprint density at radius 2 is 2.20 bits per heavy atom. The molecule has 2 rings (SSSR count). The Morgan fingerprint density at radius 3 is 3.00 bits per heavy atom. The van der Waals surface area contributed by atoms with E-state index in [9.17, 15) is 0 Å². The Morgan fingerprint density at radius 1 is 1.30 bits per heavy atom. The summed E-state index contributed by atoms with van der Waals surface area (Å²) in [6.07, 6.45) is 0. The van der Waals surface area contributed by atoms with Gasteiger partial charge in [0, 0.05) is 0 Å². The molecule has 10 heavy (non-hydrogen) atoms. The van der Waals surface area contributed by atoms with E-state index in [0.717, 1.165) is 13.2 Å². The second kappa shape index (κ2) is 2.10. The largest absolute Gasteiger partial charge is 0.372 e. The van der Waals surface area contributed by atoms with Gasteiger partial charge in [-0.2, -0.15) is 0 Å². The molecule has 0 amide bonds. The van der Waals surface area contributed by atoms with E-state index in [1.54, 1.807) is 0 Å². The summed E-state index contributed by atoms with van der Waals surface area (Å²) in [6.45, 7) is 3.74. The molecule has 0 N–H and O–H groups in total. The van der Waals surface area contributed by atoms with Gasteiger partial charge in [0.1, 0.15) is 0 Å². The van der Waals surface area contributed by atoms with Crippen LogP contribution in [-0.4, -0.2) is 0 Å². The molecule has 0 aliphatic carbocycles. The van der Waals surface area contributed by atoms with Crippen LogP contribution in [0.1, 0.15) is 16.7 Å². The van der Waals surface area contributed by atoms with E-state index in [2.05, 4.69) is 25.1 Å². The fourth-order valence-corrected chi connectivity index (χ4v) is 1.37. The highest BCUT2D eigenvalue weighted by molar-refractivity contribution is 5.35. The Balaban J connectivity index is 2.59. The SMILES string of the molecule is Cc1cccc2c1COC2. The summed E-state index contributed by atoms with van der Waals surface area (Å²) in [5.74, 6) is 0. The van der Waals surface area contributed by atoms with E-state index in [4.69, 9.17) is 4.74 Å². The molecule has 0 aromatic heterocycles. The first-order chi connectivity index (χ1) is 4.88. The predicted molar refractivity (Wildman–Crippen MR) is 39.7 cm³/mol. The Labute approximate surface area is 60.6 Å². The fourth-order valence-electron chi connectivity index (χ4n) is 1.37. The topological polar surface area (TPSA) is 9.23 Å². The van der Waals surface area contributed by atoms with E-state index in [1.807, 2.05) is 0 Å². The smallest absolute Gasteiger partial charge is 0.0727 e. The highest BCUT2D eigenvalue weighted by Gasteiger charge is 2.11. The summed E-state index contributed by atoms with van der Waals surface area (Å²) >= 11 is 0. The normalized spacial score (nSPS) is 15.3. The first-order valence-corrected chi connectivity index (χ1v) is 3.53. The molecule has 0 fully saturated rings. The molecule has 1 aliphatic rings. The van der Waals surface area contributed by atoms with Gasteiger partial charge in [-0.1, -0.05) is 18.2 Å². The van der Waals surface area contributed by atoms with Crippen LogP contribution in [0.2, 0.25) is 0 Å². The number of hydrogen-bond acceptors (Lipinski definition) is 1. The van der Waals surface area contributed by atoms with Crippen molar-refractivity contribution in [3.63, 3.8) is 0 Å². The minimum absolute atomic E-state index is 0.803. The number of hydrogen-bond donors (Lipinski definition) is 0.